The molecule has 4 nitrogen and oxygen atoms in total. The molecule has 0 aromatic carbocycles. The van der Waals surface area contributed by atoms with E-state index in [4.69, 9.17) is 0 Å². The van der Waals surface area contributed by atoms with Crippen molar-refractivity contribution in [2.24, 2.45) is 5.41 Å². The second kappa shape index (κ2) is 4.14. The lowest BCUT2D eigenvalue weighted by Crippen LogP contribution is -2.41. The fourth-order valence-corrected chi connectivity index (χ4v) is 3.81. The highest BCUT2D eigenvalue weighted by molar-refractivity contribution is 7.99. The van der Waals surface area contributed by atoms with Crippen molar-refractivity contribution in [3.05, 3.63) is 6.33 Å². The molecule has 15 heavy (non-hydrogen) atoms. The summed E-state index contributed by atoms with van der Waals surface area (Å²) in [6, 6.07) is 0.549. The lowest BCUT2D eigenvalue weighted by Gasteiger charge is -2.29. The highest BCUT2D eigenvalue weighted by Gasteiger charge is 2.41. The van der Waals surface area contributed by atoms with Crippen LogP contribution in [-0.2, 0) is 0 Å². The summed E-state index contributed by atoms with van der Waals surface area (Å²) in [6.07, 6.45) is 4.07. The van der Waals surface area contributed by atoms with Crippen molar-refractivity contribution in [1.82, 2.24) is 20.5 Å². The van der Waals surface area contributed by atoms with Crippen LogP contribution >= 0.6 is 11.8 Å². The molecule has 1 aromatic rings. The van der Waals surface area contributed by atoms with E-state index in [1.54, 1.807) is 18.1 Å². The number of hydrogen-bond acceptors (Lipinski definition) is 4. The van der Waals surface area contributed by atoms with Crippen LogP contribution in [0.25, 0.3) is 0 Å². The molecular weight excluding hydrogens is 208 g/mol. The summed E-state index contributed by atoms with van der Waals surface area (Å²) in [5, 5.41) is 11.7. The molecule has 1 aliphatic carbocycles. The molecule has 84 valence electrons. The first-order valence-electron chi connectivity index (χ1n) is 5.33. The van der Waals surface area contributed by atoms with Crippen molar-refractivity contribution < 1.29 is 0 Å². The minimum absolute atomic E-state index is 0.381. The number of rotatable bonds is 3. The SMILES string of the molecule is CNC1C(Sc2ncn[nH]2)CCC1(C)C. The lowest BCUT2D eigenvalue weighted by molar-refractivity contribution is 0.300. The Balaban J connectivity index is 2.04. The quantitative estimate of drug-likeness (QED) is 0.823. The van der Waals surface area contributed by atoms with Crippen molar-refractivity contribution in [2.45, 2.75) is 43.1 Å². The van der Waals surface area contributed by atoms with Gasteiger partial charge in [0.2, 0.25) is 0 Å². The Kier molecular flexibility index (Phi) is 3.02. The van der Waals surface area contributed by atoms with Gasteiger partial charge in [0.1, 0.15) is 6.33 Å². The molecule has 0 amide bonds. The van der Waals surface area contributed by atoms with Gasteiger partial charge >= 0.3 is 0 Å². The standard InChI is InChI=1S/C10H18N4S/c1-10(2)5-4-7(8(10)11-3)15-9-12-6-13-14-9/h6-8,11H,4-5H2,1-3H3,(H,12,13,14). The fraction of sp³-hybridized carbons (Fsp3) is 0.800. The van der Waals surface area contributed by atoms with E-state index in [9.17, 15) is 0 Å². The first-order valence-corrected chi connectivity index (χ1v) is 6.21. The average Bonchev–Trinajstić information content (AvgIpc) is 2.75. The Labute approximate surface area is 94.6 Å². The summed E-state index contributed by atoms with van der Waals surface area (Å²) < 4.78 is 0. The summed E-state index contributed by atoms with van der Waals surface area (Å²) in [5.41, 5.74) is 0.381. The van der Waals surface area contributed by atoms with Crippen LogP contribution < -0.4 is 5.32 Å². The van der Waals surface area contributed by atoms with Crippen molar-refractivity contribution in [2.75, 3.05) is 7.05 Å². The number of nitrogens with one attached hydrogen (secondary N) is 2. The van der Waals surface area contributed by atoms with E-state index in [0.29, 0.717) is 16.7 Å². The fourth-order valence-electron chi connectivity index (χ4n) is 2.44. The summed E-state index contributed by atoms with van der Waals surface area (Å²) in [5.74, 6) is 0. The van der Waals surface area contributed by atoms with E-state index < -0.39 is 0 Å². The number of thioether (sulfide) groups is 1. The molecule has 2 unspecified atom stereocenters. The maximum atomic E-state index is 4.16. The highest BCUT2D eigenvalue weighted by Crippen LogP contribution is 2.44. The lowest BCUT2D eigenvalue weighted by atomic mass is 9.87. The van der Waals surface area contributed by atoms with Crippen LogP contribution in [-0.4, -0.2) is 33.5 Å². The molecule has 1 fully saturated rings. The van der Waals surface area contributed by atoms with E-state index in [2.05, 4.69) is 34.3 Å². The van der Waals surface area contributed by atoms with Crippen molar-refractivity contribution in [3.63, 3.8) is 0 Å². The minimum atomic E-state index is 0.381. The summed E-state index contributed by atoms with van der Waals surface area (Å²) in [7, 11) is 2.05. The van der Waals surface area contributed by atoms with Crippen LogP contribution in [0, 0.1) is 5.41 Å². The van der Waals surface area contributed by atoms with Crippen molar-refractivity contribution in [1.29, 1.82) is 0 Å². The van der Waals surface area contributed by atoms with E-state index in [-0.39, 0.29) is 0 Å². The molecule has 1 aromatic heterocycles. The second-order valence-corrected chi connectivity index (χ2v) is 5.97. The van der Waals surface area contributed by atoms with Crippen LogP contribution in [0.4, 0.5) is 0 Å². The third-order valence-corrected chi connectivity index (χ3v) is 4.48. The first kappa shape index (κ1) is 11.0. The van der Waals surface area contributed by atoms with Crippen molar-refractivity contribution in [3.8, 4) is 0 Å². The second-order valence-electron chi connectivity index (χ2n) is 4.74. The predicted octanol–water partition coefficient (Wildman–Crippen LogP) is 1.67. The predicted molar refractivity (Wildman–Crippen MR) is 61.9 cm³/mol. The van der Waals surface area contributed by atoms with Gasteiger partial charge in [0.25, 0.3) is 0 Å². The Bertz CT molecular complexity index is 309. The molecule has 2 N–H and O–H groups in total. The third kappa shape index (κ3) is 2.18. The Morgan fingerprint density at radius 1 is 1.60 bits per heavy atom. The minimum Gasteiger partial charge on any atom is -0.315 e. The number of aromatic nitrogens is 3. The normalized spacial score (nSPS) is 29.5. The zero-order valence-corrected chi connectivity index (χ0v) is 10.3. The molecule has 2 atom stereocenters. The topological polar surface area (TPSA) is 53.6 Å². The molecule has 0 aliphatic heterocycles. The van der Waals surface area contributed by atoms with Gasteiger partial charge < -0.3 is 5.32 Å². The molecule has 0 radical (unpaired) electrons. The maximum Gasteiger partial charge on any atom is 0.183 e. The Morgan fingerprint density at radius 2 is 2.40 bits per heavy atom. The first-order chi connectivity index (χ1) is 7.13. The zero-order chi connectivity index (χ0) is 10.9. The average molecular weight is 226 g/mol. The van der Waals surface area contributed by atoms with Gasteiger partial charge in [0, 0.05) is 11.3 Å². The smallest absolute Gasteiger partial charge is 0.183 e. The van der Waals surface area contributed by atoms with Gasteiger partial charge in [-0.15, -0.1) is 0 Å². The molecular formula is C10H18N4S. The van der Waals surface area contributed by atoms with E-state index in [1.807, 2.05) is 7.05 Å². The molecule has 2 rings (SSSR count). The maximum absolute atomic E-state index is 4.16. The molecule has 5 heteroatoms. The van der Waals surface area contributed by atoms with E-state index in [0.717, 1.165) is 5.16 Å². The van der Waals surface area contributed by atoms with Crippen LogP contribution in [0.2, 0.25) is 0 Å². The number of aromatic amines is 1. The molecule has 0 bridgehead atoms. The molecule has 1 aliphatic rings. The van der Waals surface area contributed by atoms with Crippen LogP contribution in [0.5, 0.6) is 0 Å². The summed E-state index contributed by atoms with van der Waals surface area (Å²) >= 11 is 1.80. The van der Waals surface area contributed by atoms with Gasteiger partial charge in [-0.25, -0.2) is 4.98 Å². The Hall–Kier alpha value is -0.550. The molecule has 0 saturated heterocycles. The third-order valence-electron chi connectivity index (χ3n) is 3.25. The highest BCUT2D eigenvalue weighted by atomic mass is 32.2. The number of nitrogens with zero attached hydrogens (tertiary/aromatic N) is 2. The molecule has 1 saturated carbocycles. The Morgan fingerprint density at radius 3 is 3.00 bits per heavy atom. The van der Waals surface area contributed by atoms with Gasteiger partial charge in [-0.1, -0.05) is 25.6 Å². The van der Waals surface area contributed by atoms with Gasteiger partial charge in [-0.05, 0) is 25.3 Å². The van der Waals surface area contributed by atoms with Gasteiger partial charge in [0.15, 0.2) is 5.16 Å². The van der Waals surface area contributed by atoms with Crippen molar-refractivity contribution >= 4 is 11.8 Å². The summed E-state index contributed by atoms with van der Waals surface area (Å²) in [6.45, 7) is 4.66. The van der Waals surface area contributed by atoms with Gasteiger partial charge in [0.05, 0.1) is 0 Å². The van der Waals surface area contributed by atoms with E-state index >= 15 is 0 Å². The summed E-state index contributed by atoms with van der Waals surface area (Å²) in [4.78, 5) is 4.16. The number of hydrogen-bond donors (Lipinski definition) is 2. The molecule has 1 heterocycles. The van der Waals surface area contributed by atoms with Gasteiger partial charge in [-0.2, -0.15) is 5.10 Å². The van der Waals surface area contributed by atoms with Crippen LogP contribution in [0.15, 0.2) is 11.5 Å². The zero-order valence-electron chi connectivity index (χ0n) is 9.45. The van der Waals surface area contributed by atoms with E-state index in [1.165, 1.54) is 12.8 Å². The van der Waals surface area contributed by atoms with Crippen LogP contribution in [0.3, 0.4) is 0 Å². The number of H-pyrrole nitrogens is 1. The largest absolute Gasteiger partial charge is 0.315 e. The molecule has 0 spiro atoms. The monoisotopic (exact) mass is 226 g/mol. The van der Waals surface area contributed by atoms with Crippen LogP contribution in [0.1, 0.15) is 26.7 Å². The van der Waals surface area contributed by atoms with Gasteiger partial charge in [-0.3, -0.25) is 5.10 Å².